The Morgan fingerprint density at radius 1 is 1.13 bits per heavy atom. The number of nitriles is 1. The quantitative estimate of drug-likeness (QED) is 0.435. The van der Waals surface area contributed by atoms with Crippen molar-refractivity contribution in [1.29, 1.82) is 5.26 Å². The van der Waals surface area contributed by atoms with Gasteiger partial charge in [0.05, 0.1) is 24.3 Å². The summed E-state index contributed by atoms with van der Waals surface area (Å²) in [6.45, 7) is 0.0872. The van der Waals surface area contributed by atoms with Crippen molar-refractivity contribution in [3.8, 4) is 17.6 Å². The summed E-state index contributed by atoms with van der Waals surface area (Å²) in [7, 11) is 1.49. The van der Waals surface area contributed by atoms with Crippen molar-refractivity contribution in [3.63, 3.8) is 0 Å². The van der Waals surface area contributed by atoms with E-state index >= 15 is 0 Å². The van der Waals surface area contributed by atoms with E-state index in [1.54, 1.807) is 42.5 Å². The Balaban J connectivity index is 1.97. The molecule has 0 saturated carbocycles. The topological polar surface area (TPSA) is 79.5 Å². The van der Waals surface area contributed by atoms with Crippen LogP contribution in [-0.2, 0) is 6.61 Å². The molecule has 0 radical (unpaired) electrons. The highest BCUT2D eigenvalue weighted by molar-refractivity contribution is 5.91. The molecule has 3 aromatic carbocycles. The third kappa shape index (κ3) is 4.65. The Bertz CT molecular complexity index is 1150. The van der Waals surface area contributed by atoms with Gasteiger partial charge in [-0.25, -0.2) is 9.18 Å². The number of benzene rings is 3. The van der Waals surface area contributed by atoms with Crippen LogP contribution in [0, 0.1) is 17.1 Å². The number of aromatic carboxylic acids is 1. The molecule has 3 aromatic rings. The molecule has 0 aliphatic rings. The molecule has 0 fully saturated rings. The van der Waals surface area contributed by atoms with Crippen molar-refractivity contribution >= 4 is 17.6 Å². The summed E-state index contributed by atoms with van der Waals surface area (Å²) in [4.78, 5) is 11.2. The fourth-order valence-corrected chi connectivity index (χ4v) is 2.92. The highest BCUT2D eigenvalue weighted by Crippen LogP contribution is 2.34. The zero-order valence-electron chi connectivity index (χ0n) is 16.1. The van der Waals surface area contributed by atoms with Crippen LogP contribution in [-0.4, -0.2) is 18.2 Å². The Morgan fingerprint density at radius 3 is 2.60 bits per heavy atom. The molecule has 0 aliphatic carbocycles. The molecule has 0 saturated heterocycles. The van der Waals surface area contributed by atoms with E-state index in [9.17, 15) is 14.4 Å². The molecule has 6 heteroatoms. The van der Waals surface area contributed by atoms with Crippen LogP contribution in [0.3, 0.4) is 0 Å². The van der Waals surface area contributed by atoms with E-state index in [4.69, 9.17) is 14.6 Å². The fraction of sp³-hybridized carbons (Fsp3) is 0.0833. The number of ether oxygens (including phenoxy) is 2. The number of carboxylic acids is 1. The Morgan fingerprint density at radius 2 is 1.90 bits per heavy atom. The van der Waals surface area contributed by atoms with E-state index < -0.39 is 11.8 Å². The summed E-state index contributed by atoms with van der Waals surface area (Å²) in [6, 6.07) is 19.6. The number of hydrogen-bond donors (Lipinski definition) is 1. The molecule has 0 aliphatic heterocycles. The molecular formula is C24H18FNO4. The maximum atomic E-state index is 14.2. The van der Waals surface area contributed by atoms with Gasteiger partial charge in [-0.3, -0.25) is 0 Å². The SMILES string of the molecule is COc1cccc(C=C(C#N)c2ccccc2F)c1OCc1cccc(C(=O)O)c1. The van der Waals surface area contributed by atoms with Gasteiger partial charge in [-0.05, 0) is 35.9 Å². The van der Waals surface area contributed by atoms with Crippen molar-refractivity contribution in [2.24, 2.45) is 0 Å². The van der Waals surface area contributed by atoms with Gasteiger partial charge in [0.2, 0.25) is 0 Å². The molecule has 0 atom stereocenters. The number of para-hydroxylation sites is 1. The lowest BCUT2D eigenvalue weighted by atomic mass is 10.0. The van der Waals surface area contributed by atoms with Crippen molar-refractivity contribution in [2.45, 2.75) is 6.61 Å². The average molecular weight is 403 g/mol. The van der Waals surface area contributed by atoms with Crippen molar-refractivity contribution in [1.82, 2.24) is 0 Å². The summed E-state index contributed by atoms with van der Waals surface area (Å²) in [6.07, 6.45) is 1.53. The predicted octanol–water partition coefficient (Wildman–Crippen LogP) is 5.18. The molecule has 30 heavy (non-hydrogen) atoms. The van der Waals surface area contributed by atoms with E-state index in [-0.39, 0.29) is 23.3 Å². The first-order valence-corrected chi connectivity index (χ1v) is 9.02. The maximum absolute atomic E-state index is 14.2. The van der Waals surface area contributed by atoms with E-state index in [1.165, 1.54) is 37.5 Å². The smallest absolute Gasteiger partial charge is 0.335 e. The first-order chi connectivity index (χ1) is 14.5. The predicted molar refractivity (Wildman–Crippen MR) is 111 cm³/mol. The van der Waals surface area contributed by atoms with Gasteiger partial charge >= 0.3 is 5.97 Å². The van der Waals surface area contributed by atoms with Gasteiger partial charge in [0.1, 0.15) is 12.4 Å². The van der Waals surface area contributed by atoms with Gasteiger partial charge in [-0.15, -0.1) is 0 Å². The van der Waals surface area contributed by atoms with Crippen molar-refractivity contribution in [2.75, 3.05) is 7.11 Å². The Kier molecular flexibility index (Phi) is 6.46. The molecule has 0 unspecified atom stereocenters. The highest BCUT2D eigenvalue weighted by atomic mass is 19.1. The van der Waals surface area contributed by atoms with Crippen LogP contribution in [0.4, 0.5) is 4.39 Å². The summed E-state index contributed by atoms with van der Waals surface area (Å²) in [5.74, 6) is -0.726. The maximum Gasteiger partial charge on any atom is 0.335 e. The number of nitrogens with zero attached hydrogens (tertiary/aromatic N) is 1. The molecule has 5 nitrogen and oxygen atoms in total. The van der Waals surface area contributed by atoms with Crippen LogP contribution < -0.4 is 9.47 Å². The number of rotatable bonds is 7. The molecular weight excluding hydrogens is 385 g/mol. The van der Waals surface area contributed by atoms with Gasteiger partial charge < -0.3 is 14.6 Å². The number of methoxy groups -OCH3 is 1. The van der Waals surface area contributed by atoms with Gasteiger partial charge in [0.15, 0.2) is 11.5 Å². The van der Waals surface area contributed by atoms with Gasteiger partial charge in [0, 0.05) is 11.1 Å². The van der Waals surface area contributed by atoms with E-state index in [0.29, 0.717) is 22.6 Å². The minimum atomic E-state index is -1.03. The summed E-state index contributed by atoms with van der Waals surface area (Å²) in [5.41, 5.74) is 1.67. The second kappa shape index (κ2) is 9.39. The van der Waals surface area contributed by atoms with E-state index in [1.807, 2.05) is 6.07 Å². The molecule has 0 amide bonds. The zero-order chi connectivity index (χ0) is 21.5. The minimum absolute atomic E-state index is 0.0872. The zero-order valence-corrected chi connectivity index (χ0v) is 16.1. The van der Waals surface area contributed by atoms with Crippen LogP contribution >= 0.6 is 0 Å². The number of carboxylic acid groups (broad SMARTS) is 1. The second-order valence-electron chi connectivity index (χ2n) is 6.32. The first kappa shape index (κ1) is 20.6. The van der Waals surface area contributed by atoms with Crippen LogP contribution in [0.25, 0.3) is 11.6 Å². The molecule has 150 valence electrons. The lowest BCUT2D eigenvalue weighted by molar-refractivity contribution is 0.0696. The molecule has 0 heterocycles. The molecule has 1 N–H and O–H groups in total. The van der Waals surface area contributed by atoms with Crippen LogP contribution in [0.5, 0.6) is 11.5 Å². The molecule has 0 spiro atoms. The van der Waals surface area contributed by atoms with Crippen LogP contribution in [0.1, 0.15) is 27.0 Å². The monoisotopic (exact) mass is 403 g/mol. The van der Waals surface area contributed by atoms with Crippen molar-refractivity contribution in [3.05, 3.63) is 94.8 Å². The summed E-state index contributed by atoms with van der Waals surface area (Å²) >= 11 is 0. The normalized spacial score (nSPS) is 10.9. The largest absolute Gasteiger partial charge is 0.493 e. The third-order valence-electron chi connectivity index (χ3n) is 4.37. The highest BCUT2D eigenvalue weighted by Gasteiger charge is 2.13. The van der Waals surface area contributed by atoms with Crippen LogP contribution in [0.2, 0.25) is 0 Å². The Labute approximate surface area is 173 Å². The Hall–Kier alpha value is -4.11. The average Bonchev–Trinajstić information content (AvgIpc) is 2.77. The lowest BCUT2D eigenvalue weighted by Crippen LogP contribution is -2.02. The molecule has 0 aromatic heterocycles. The van der Waals surface area contributed by atoms with Gasteiger partial charge in [0.25, 0.3) is 0 Å². The third-order valence-corrected chi connectivity index (χ3v) is 4.37. The van der Waals surface area contributed by atoms with Crippen molar-refractivity contribution < 1.29 is 23.8 Å². The standard InChI is InChI=1S/C24H18FNO4/c1-29-22-11-5-7-17(13-19(14-26)20-9-2-3-10-21(20)25)23(22)30-15-16-6-4-8-18(12-16)24(27)28/h2-13H,15H2,1H3,(H,27,28). The molecule has 0 bridgehead atoms. The van der Waals surface area contributed by atoms with E-state index in [0.717, 1.165) is 0 Å². The summed E-state index contributed by atoms with van der Waals surface area (Å²) in [5, 5.41) is 18.7. The number of carbonyl (C=O) groups is 1. The minimum Gasteiger partial charge on any atom is -0.493 e. The van der Waals surface area contributed by atoms with E-state index in [2.05, 4.69) is 0 Å². The van der Waals surface area contributed by atoms with Gasteiger partial charge in [-0.1, -0.05) is 42.5 Å². The van der Waals surface area contributed by atoms with Crippen LogP contribution in [0.15, 0.2) is 66.7 Å². The molecule has 3 rings (SSSR count). The number of halogens is 1. The second-order valence-corrected chi connectivity index (χ2v) is 6.32. The van der Waals surface area contributed by atoms with Gasteiger partial charge in [-0.2, -0.15) is 5.26 Å². The first-order valence-electron chi connectivity index (χ1n) is 9.02. The summed E-state index contributed by atoms with van der Waals surface area (Å²) < 4.78 is 25.5. The number of hydrogen-bond acceptors (Lipinski definition) is 4. The lowest BCUT2D eigenvalue weighted by Gasteiger charge is -2.14. The fourth-order valence-electron chi connectivity index (χ4n) is 2.92. The number of allylic oxidation sites excluding steroid dienone is 1.